The molecule has 0 fully saturated rings. The number of allylic oxidation sites excluding steroid dienone is 2. The number of halogens is 1. The van der Waals surface area contributed by atoms with Crippen LogP contribution in [0.1, 0.15) is 6.42 Å². The van der Waals surface area contributed by atoms with Crippen molar-refractivity contribution in [3.63, 3.8) is 0 Å². The van der Waals surface area contributed by atoms with Gasteiger partial charge in [-0.05, 0) is 79.2 Å². The Morgan fingerprint density at radius 1 is 0.964 bits per heavy atom. The van der Waals surface area contributed by atoms with E-state index in [1.807, 2.05) is 30.3 Å². The van der Waals surface area contributed by atoms with Crippen LogP contribution in [0, 0.1) is 5.82 Å². The van der Waals surface area contributed by atoms with Crippen LogP contribution < -0.4 is 4.74 Å². The van der Waals surface area contributed by atoms with Gasteiger partial charge in [0.2, 0.25) is 8.32 Å². The largest absolute Gasteiger partial charge is 0.494 e. The SMILES string of the molecule is C=CC(=C)[Si](C)(C)O[Si](C)(C)CCCOc1ccc(-c2ccc(F)cc2)cc1. The minimum atomic E-state index is -1.92. The van der Waals surface area contributed by atoms with E-state index < -0.39 is 16.6 Å². The van der Waals surface area contributed by atoms with Gasteiger partial charge in [0.15, 0.2) is 8.32 Å². The number of hydrogen-bond donors (Lipinski definition) is 0. The first-order chi connectivity index (χ1) is 13.1. The molecule has 5 heteroatoms. The summed E-state index contributed by atoms with van der Waals surface area (Å²) in [5.41, 5.74) is 2.04. The van der Waals surface area contributed by atoms with E-state index in [2.05, 4.69) is 39.3 Å². The highest BCUT2D eigenvalue weighted by Gasteiger charge is 2.33. The first-order valence-electron chi connectivity index (χ1n) is 9.64. The lowest BCUT2D eigenvalue weighted by molar-refractivity contribution is 0.315. The van der Waals surface area contributed by atoms with Gasteiger partial charge in [0.25, 0.3) is 0 Å². The first kappa shape index (κ1) is 22.3. The summed E-state index contributed by atoms with van der Waals surface area (Å²) in [6.45, 7) is 17.5. The van der Waals surface area contributed by atoms with Gasteiger partial charge >= 0.3 is 0 Å². The lowest BCUT2D eigenvalue weighted by Gasteiger charge is -2.34. The average Bonchev–Trinajstić information content (AvgIpc) is 2.65. The molecule has 0 aromatic heterocycles. The normalized spacial score (nSPS) is 11.9. The fraction of sp³-hybridized carbons (Fsp3) is 0.304. The Bertz CT molecular complexity index is 796. The molecule has 0 radical (unpaired) electrons. The second kappa shape index (κ2) is 9.50. The number of rotatable bonds is 10. The Hall–Kier alpha value is -1.96. The van der Waals surface area contributed by atoms with Crippen molar-refractivity contribution in [2.24, 2.45) is 0 Å². The number of ether oxygens (including phenoxy) is 1. The van der Waals surface area contributed by atoms with Crippen molar-refractivity contribution in [1.29, 1.82) is 0 Å². The van der Waals surface area contributed by atoms with Gasteiger partial charge in [-0.25, -0.2) is 4.39 Å². The zero-order valence-electron chi connectivity index (χ0n) is 17.4. The van der Waals surface area contributed by atoms with Crippen molar-refractivity contribution in [3.8, 4) is 16.9 Å². The zero-order chi connectivity index (χ0) is 20.8. The maximum Gasteiger partial charge on any atom is 0.205 e. The summed E-state index contributed by atoms with van der Waals surface area (Å²) in [5, 5.41) is 1.05. The maximum atomic E-state index is 13.0. The summed E-state index contributed by atoms with van der Waals surface area (Å²) in [5.74, 6) is 0.625. The van der Waals surface area contributed by atoms with E-state index in [1.165, 1.54) is 12.1 Å². The minimum Gasteiger partial charge on any atom is -0.494 e. The molecule has 0 atom stereocenters. The summed E-state index contributed by atoms with van der Waals surface area (Å²) in [6.07, 6.45) is 2.79. The molecular formula is C23H31FO2Si2. The van der Waals surface area contributed by atoms with Crippen LogP contribution in [-0.4, -0.2) is 23.2 Å². The molecule has 0 saturated heterocycles. The van der Waals surface area contributed by atoms with E-state index in [-0.39, 0.29) is 5.82 Å². The number of benzene rings is 2. The monoisotopic (exact) mass is 414 g/mol. The summed E-state index contributed by atoms with van der Waals surface area (Å²) < 4.78 is 25.5. The van der Waals surface area contributed by atoms with Gasteiger partial charge in [0, 0.05) is 0 Å². The van der Waals surface area contributed by atoms with E-state index in [0.29, 0.717) is 6.61 Å². The van der Waals surface area contributed by atoms with Crippen molar-refractivity contribution >= 4 is 16.6 Å². The minimum absolute atomic E-state index is 0.223. The third-order valence-electron chi connectivity index (χ3n) is 4.77. The summed E-state index contributed by atoms with van der Waals surface area (Å²) in [4.78, 5) is 0. The van der Waals surface area contributed by atoms with Gasteiger partial charge in [-0.15, -0.1) is 0 Å². The smallest absolute Gasteiger partial charge is 0.205 e. The van der Waals surface area contributed by atoms with Crippen molar-refractivity contribution in [2.75, 3.05) is 6.61 Å². The third-order valence-corrected chi connectivity index (χ3v) is 12.3. The highest BCUT2D eigenvalue weighted by atomic mass is 28.4. The predicted molar refractivity (Wildman–Crippen MR) is 122 cm³/mol. The third kappa shape index (κ3) is 6.58. The summed E-state index contributed by atoms with van der Waals surface area (Å²) in [6, 6.07) is 15.5. The second-order valence-corrected chi connectivity index (χ2v) is 16.6. The molecule has 0 bridgehead atoms. The standard InChI is InChI=1S/C23H31FO2Si2/c1-7-19(2)28(5,6)26-27(3,4)18-8-17-25-23-15-11-21(12-16-23)20-9-13-22(24)14-10-20/h7,9-16H,1-2,8,17-18H2,3-6H3. The van der Waals surface area contributed by atoms with Crippen molar-refractivity contribution in [3.05, 3.63) is 78.8 Å². The lowest BCUT2D eigenvalue weighted by atomic mass is 10.1. The van der Waals surface area contributed by atoms with E-state index in [4.69, 9.17) is 8.85 Å². The topological polar surface area (TPSA) is 18.5 Å². The Balaban J connectivity index is 1.82. The van der Waals surface area contributed by atoms with Crippen LogP contribution in [0.25, 0.3) is 11.1 Å². The molecule has 0 aliphatic carbocycles. The summed E-state index contributed by atoms with van der Waals surface area (Å²) >= 11 is 0. The van der Waals surface area contributed by atoms with Crippen molar-refractivity contribution in [2.45, 2.75) is 38.7 Å². The van der Waals surface area contributed by atoms with Crippen LogP contribution in [0.4, 0.5) is 4.39 Å². The van der Waals surface area contributed by atoms with Crippen LogP contribution in [0.15, 0.2) is 73.0 Å². The maximum absolute atomic E-state index is 13.0. The number of hydrogen-bond acceptors (Lipinski definition) is 2. The molecule has 150 valence electrons. The van der Waals surface area contributed by atoms with Gasteiger partial charge in [-0.1, -0.05) is 43.5 Å². The van der Waals surface area contributed by atoms with Crippen molar-refractivity contribution < 1.29 is 13.2 Å². The fourth-order valence-corrected chi connectivity index (χ4v) is 11.1. The van der Waals surface area contributed by atoms with E-state index in [0.717, 1.165) is 34.5 Å². The molecule has 0 N–H and O–H groups in total. The molecule has 0 spiro atoms. The molecular weight excluding hydrogens is 383 g/mol. The molecule has 2 nitrogen and oxygen atoms in total. The highest BCUT2D eigenvalue weighted by Crippen LogP contribution is 2.26. The zero-order valence-corrected chi connectivity index (χ0v) is 19.4. The predicted octanol–water partition coefficient (Wildman–Crippen LogP) is 6.97. The lowest BCUT2D eigenvalue weighted by Crippen LogP contribution is -2.45. The molecule has 2 aromatic rings. The molecule has 0 saturated carbocycles. The molecule has 28 heavy (non-hydrogen) atoms. The van der Waals surface area contributed by atoms with Crippen LogP contribution >= 0.6 is 0 Å². The van der Waals surface area contributed by atoms with Gasteiger partial charge in [-0.2, -0.15) is 0 Å². The fourth-order valence-electron chi connectivity index (χ4n) is 3.13. The Morgan fingerprint density at radius 2 is 1.50 bits per heavy atom. The van der Waals surface area contributed by atoms with Gasteiger partial charge in [0.1, 0.15) is 11.6 Å². The van der Waals surface area contributed by atoms with E-state index in [9.17, 15) is 4.39 Å². The van der Waals surface area contributed by atoms with Crippen LogP contribution in [0.3, 0.4) is 0 Å². The van der Waals surface area contributed by atoms with Gasteiger partial charge < -0.3 is 8.85 Å². The van der Waals surface area contributed by atoms with Crippen LogP contribution in [-0.2, 0) is 4.12 Å². The molecule has 0 amide bonds. The van der Waals surface area contributed by atoms with Gasteiger partial charge in [0.05, 0.1) is 6.61 Å². The second-order valence-electron chi connectivity index (χ2n) is 8.08. The van der Waals surface area contributed by atoms with E-state index >= 15 is 0 Å². The quantitative estimate of drug-likeness (QED) is 0.237. The highest BCUT2D eigenvalue weighted by molar-refractivity contribution is 6.89. The molecule has 0 aliphatic rings. The van der Waals surface area contributed by atoms with Crippen LogP contribution in [0.5, 0.6) is 5.75 Å². The molecule has 0 aliphatic heterocycles. The summed E-state index contributed by atoms with van der Waals surface area (Å²) in [7, 11) is -3.69. The Kier molecular flexibility index (Phi) is 7.58. The molecule has 0 heterocycles. The van der Waals surface area contributed by atoms with E-state index in [1.54, 1.807) is 12.1 Å². The van der Waals surface area contributed by atoms with Crippen LogP contribution in [0.2, 0.25) is 32.2 Å². The molecule has 0 unspecified atom stereocenters. The molecule has 2 rings (SSSR count). The van der Waals surface area contributed by atoms with Gasteiger partial charge in [-0.3, -0.25) is 0 Å². The van der Waals surface area contributed by atoms with Crippen molar-refractivity contribution in [1.82, 2.24) is 0 Å². The Morgan fingerprint density at radius 3 is 2.04 bits per heavy atom. The Labute approximate surface area is 171 Å². The average molecular weight is 415 g/mol. The molecule has 2 aromatic carbocycles. The first-order valence-corrected chi connectivity index (χ1v) is 15.7.